The van der Waals surface area contributed by atoms with E-state index in [2.05, 4.69) is 5.43 Å². The molecule has 21 heavy (non-hydrogen) atoms. The number of nitrogens with two attached hydrogens (primary N) is 1. The van der Waals surface area contributed by atoms with E-state index in [1.165, 1.54) is 13.0 Å². The van der Waals surface area contributed by atoms with E-state index in [0.717, 1.165) is 10.4 Å². The van der Waals surface area contributed by atoms with Gasteiger partial charge in [0.1, 0.15) is 5.69 Å². The number of hydrogen-bond acceptors (Lipinski definition) is 7. The van der Waals surface area contributed by atoms with Gasteiger partial charge in [0.15, 0.2) is 0 Å². The number of aryl methyl sites for hydroxylation is 1. The van der Waals surface area contributed by atoms with Gasteiger partial charge in [0, 0.05) is 19.2 Å². The number of benzene rings is 1. The standard InChI is InChI=1S/C11H18N4O5S/c1-3-14(4-5-16)21(19,20)11-7-10(15(17)18)9(13-12)6-8(11)2/h6-7,13,16H,3-5,12H2,1-2H3. The van der Waals surface area contributed by atoms with Crippen LogP contribution in [0.25, 0.3) is 0 Å². The third-order valence-electron chi connectivity index (χ3n) is 2.97. The Labute approximate surface area is 122 Å². The van der Waals surface area contributed by atoms with Crippen molar-refractivity contribution in [1.29, 1.82) is 0 Å². The summed E-state index contributed by atoms with van der Waals surface area (Å²) in [7, 11) is -3.92. The summed E-state index contributed by atoms with van der Waals surface area (Å²) in [6, 6.07) is 2.28. The highest BCUT2D eigenvalue weighted by molar-refractivity contribution is 7.89. The molecule has 0 radical (unpaired) electrons. The van der Waals surface area contributed by atoms with Crippen molar-refractivity contribution in [3.63, 3.8) is 0 Å². The van der Waals surface area contributed by atoms with E-state index in [1.807, 2.05) is 0 Å². The average Bonchev–Trinajstić information content (AvgIpc) is 2.43. The predicted octanol–water partition coefficient (Wildman–Crippen LogP) is 0.192. The molecule has 0 aliphatic carbocycles. The summed E-state index contributed by atoms with van der Waals surface area (Å²) in [6.45, 7) is 2.86. The fourth-order valence-corrected chi connectivity index (χ4v) is 3.59. The zero-order valence-corrected chi connectivity index (χ0v) is 12.6. The summed E-state index contributed by atoms with van der Waals surface area (Å²) in [5, 5.41) is 19.9. The molecule has 1 aromatic carbocycles. The first-order valence-corrected chi connectivity index (χ1v) is 7.60. The van der Waals surface area contributed by atoms with Gasteiger partial charge in [-0.1, -0.05) is 6.92 Å². The molecular formula is C11H18N4O5S. The van der Waals surface area contributed by atoms with Crippen molar-refractivity contribution in [2.45, 2.75) is 18.7 Å². The van der Waals surface area contributed by atoms with E-state index >= 15 is 0 Å². The molecule has 0 aromatic heterocycles. The lowest BCUT2D eigenvalue weighted by molar-refractivity contribution is -0.384. The Morgan fingerprint density at radius 1 is 1.48 bits per heavy atom. The van der Waals surface area contributed by atoms with Gasteiger partial charge < -0.3 is 10.5 Å². The second kappa shape index (κ2) is 6.80. The fraction of sp³-hybridized carbons (Fsp3) is 0.455. The maximum absolute atomic E-state index is 12.5. The van der Waals surface area contributed by atoms with E-state index in [0.29, 0.717) is 5.56 Å². The molecular weight excluding hydrogens is 300 g/mol. The first kappa shape index (κ1) is 17.3. The number of aliphatic hydroxyl groups excluding tert-OH is 1. The van der Waals surface area contributed by atoms with Crippen molar-refractivity contribution in [3.05, 3.63) is 27.8 Å². The van der Waals surface area contributed by atoms with Gasteiger partial charge in [-0.25, -0.2) is 8.42 Å². The molecule has 1 rings (SSSR count). The van der Waals surface area contributed by atoms with Gasteiger partial charge >= 0.3 is 0 Å². The van der Waals surface area contributed by atoms with Gasteiger partial charge in [0.25, 0.3) is 5.69 Å². The lowest BCUT2D eigenvalue weighted by Crippen LogP contribution is -2.33. The molecule has 1 aromatic rings. The molecule has 0 heterocycles. The number of nitro groups is 1. The highest BCUT2D eigenvalue weighted by Gasteiger charge is 2.28. The molecule has 0 bridgehead atoms. The molecule has 4 N–H and O–H groups in total. The van der Waals surface area contributed by atoms with Crippen LogP contribution in [0.5, 0.6) is 0 Å². The van der Waals surface area contributed by atoms with Crippen LogP contribution in [-0.2, 0) is 10.0 Å². The van der Waals surface area contributed by atoms with Gasteiger partial charge in [0.05, 0.1) is 16.4 Å². The smallest absolute Gasteiger partial charge is 0.295 e. The van der Waals surface area contributed by atoms with Gasteiger partial charge in [-0.05, 0) is 18.6 Å². The van der Waals surface area contributed by atoms with Crippen molar-refractivity contribution >= 4 is 21.4 Å². The number of nitrogens with zero attached hydrogens (tertiary/aromatic N) is 2. The SMILES string of the molecule is CCN(CCO)S(=O)(=O)c1cc([N+](=O)[O-])c(NN)cc1C. The number of aliphatic hydroxyl groups is 1. The number of hydrazine groups is 1. The van der Waals surface area contributed by atoms with Gasteiger partial charge in [-0.15, -0.1) is 0 Å². The molecule has 118 valence electrons. The molecule has 0 saturated carbocycles. The highest BCUT2D eigenvalue weighted by atomic mass is 32.2. The molecule has 0 saturated heterocycles. The zero-order valence-electron chi connectivity index (χ0n) is 11.7. The minimum atomic E-state index is -3.92. The molecule has 0 unspecified atom stereocenters. The fourth-order valence-electron chi connectivity index (χ4n) is 1.92. The lowest BCUT2D eigenvalue weighted by Gasteiger charge is -2.20. The Hall–Kier alpha value is -1.75. The summed E-state index contributed by atoms with van der Waals surface area (Å²) in [5.74, 6) is 5.20. The van der Waals surface area contributed by atoms with Crippen LogP contribution in [0.1, 0.15) is 12.5 Å². The lowest BCUT2D eigenvalue weighted by atomic mass is 10.2. The Kier molecular flexibility index (Phi) is 5.61. The van der Waals surface area contributed by atoms with Crippen LogP contribution in [0.15, 0.2) is 17.0 Å². The van der Waals surface area contributed by atoms with Crippen molar-refractivity contribution < 1.29 is 18.4 Å². The minimum absolute atomic E-state index is 0.0293. The van der Waals surface area contributed by atoms with Crippen LogP contribution in [0, 0.1) is 17.0 Å². The van der Waals surface area contributed by atoms with Crippen molar-refractivity contribution in [1.82, 2.24) is 4.31 Å². The van der Waals surface area contributed by atoms with E-state index < -0.39 is 20.6 Å². The summed E-state index contributed by atoms with van der Waals surface area (Å²) in [5.41, 5.74) is 2.10. The Morgan fingerprint density at radius 3 is 2.52 bits per heavy atom. The number of nitro benzene ring substituents is 1. The van der Waals surface area contributed by atoms with Gasteiger partial charge in [-0.2, -0.15) is 4.31 Å². The van der Waals surface area contributed by atoms with Crippen molar-refractivity contribution in [2.24, 2.45) is 5.84 Å². The van der Waals surface area contributed by atoms with E-state index in [1.54, 1.807) is 6.92 Å². The second-order valence-corrected chi connectivity index (χ2v) is 6.16. The number of rotatable bonds is 7. The first-order valence-electron chi connectivity index (χ1n) is 6.16. The normalized spacial score (nSPS) is 11.7. The summed E-state index contributed by atoms with van der Waals surface area (Å²) >= 11 is 0. The monoisotopic (exact) mass is 318 g/mol. The number of nitrogens with one attached hydrogen (secondary N) is 1. The zero-order chi connectivity index (χ0) is 16.2. The van der Waals surface area contributed by atoms with Crippen molar-refractivity contribution in [3.8, 4) is 0 Å². The Bertz CT molecular complexity index is 632. The van der Waals surface area contributed by atoms with E-state index in [-0.39, 0.29) is 30.3 Å². The van der Waals surface area contributed by atoms with Crippen LogP contribution in [0.2, 0.25) is 0 Å². The van der Waals surface area contributed by atoms with Gasteiger partial charge in [-0.3, -0.25) is 16.0 Å². The second-order valence-electron chi connectivity index (χ2n) is 4.26. The van der Waals surface area contributed by atoms with Crippen molar-refractivity contribution in [2.75, 3.05) is 25.1 Å². The Balaban J connectivity index is 3.49. The quantitative estimate of drug-likeness (QED) is 0.370. The highest BCUT2D eigenvalue weighted by Crippen LogP contribution is 2.31. The largest absolute Gasteiger partial charge is 0.395 e. The van der Waals surface area contributed by atoms with Crippen LogP contribution in [-0.4, -0.2) is 42.4 Å². The number of anilines is 1. The molecule has 10 heteroatoms. The summed E-state index contributed by atoms with van der Waals surface area (Å²) < 4.78 is 26.0. The van der Waals surface area contributed by atoms with Crippen LogP contribution in [0.4, 0.5) is 11.4 Å². The maximum atomic E-state index is 12.5. The molecule has 0 fully saturated rings. The third kappa shape index (κ3) is 3.47. The molecule has 9 nitrogen and oxygen atoms in total. The molecule has 0 spiro atoms. The predicted molar refractivity (Wildman–Crippen MR) is 77.2 cm³/mol. The molecule has 0 amide bonds. The number of hydrogen-bond donors (Lipinski definition) is 3. The third-order valence-corrected chi connectivity index (χ3v) is 5.08. The average molecular weight is 318 g/mol. The summed E-state index contributed by atoms with van der Waals surface area (Å²) in [4.78, 5) is 10.1. The minimum Gasteiger partial charge on any atom is -0.395 e. The van der Waals surface area contributed by atoms with Crippen LogP contribution < -0.4 is 11.3 Å². The molecule has 0 aliphatic rings. The summed E-state index contributed by atoms with van der Waals surface area (Å²) in [6.07, 6.45) is 0. The first-order chi connectivity index (χ1) is 9.79. The van der Waals surface area contributed by atoms with Gasteiger partial charge in [0.2, 0.25) is 10.0 Å². The molecule has 0 atom stereocenters. The number of nitrogen functional groups attached to an aromatic ring is 1. The number of sulfonamides is 1. The van der Waals surface area contributed by atoms with Crippen LogP contribution >= 0.6 is 0 Å². The topological polar surface area (TPSA) is 139 Å². The number of likely N-dealkylation sites (N-methyl/N-ethyl adjacent to an activating group) is 1. The maximum Gasteiger partial charge on any atom is 0.295 e. The van der Waals surface area contributed by atoms with Crippen LogP contribution in [0.3, 0.4) is 0 Å². The van der Waals surface area contributed by atoms with E-state index in [9.17, 15) is 18.5 Å². The van der Waals surface area contributed by atoms with E-state index in [4.69, 9.17) is 10.9 Å². The molecule has 0 aliphatic heterocycles. The Morgan fingerprint density at radius 2 is 2.10 bits per heavy atom.